The maximum Gasteiger partial charge on any atom is 0.216 e. The number of nitrogens with two attached hydrogens (primary N) is 1. The van der Waals surface area contributed by atoms with E-state index in [1.165, 1.54) is 4.31 Å². The molecule has 1 aliphatic rings. The van der Waals surface area contributed by atoms with Crippen LogP contribution in [-0.4, -0.2) is 36.9 Å². The summed E-state index contributed by atoms with van der Waals surface area (Å²) < 4.78 is 26.0. The molecule has 0 aliphatic heterocycles. The Morgan fingerprint density at radius 1 is 1.41 bits per heavy atom. The fourth-order valence-electron chi connectivity index (χ4n) is 2.30. The predicted molar refractivity (Wildman–Crippen MR) is 69.5 cm³/mol. The molecule has 6 heteroatoms. The molecule has 17 heavy (non-hydrogen) atoms. The van der Waals surface area contributed by atoms with Gasteiger partial charge in [-0.2, -0.15) is 0 Å². The third kappa shape index (κ3) is 3.67. The minimum absolute atomic E-state index is 0.0307. The molecule has 0 aromatic rings. The highest BCUT2D eigenvalue weighted by Gasteiger charge is 2.33. The number of hydrogen-bond donors (Lipinski definition) is 2. The molecule has 100 valence electrons. The summed E-state index contributed by atoms with van der Waals surface area (Å²) in [6, 6.07) is -0.237. The largest absolute Gasteiger partial charge is 0.388 e. The van der Waals surface area contributed by atoms with Crippen molar-refractivity contribution in [3.63, 3.8) is 0 Å². The average molecular weight is 261 g/mol. The zero-order chi connectivity index (χ0) is 13.1. The van der Waals surface area contributed by atoms with Gasteiger partial charge in [0.25, 0.3) is 0 Å². The molecule has 1 atom stereocenters. The summed E-state index contributed by atoms with van der Waals surface area (Å²) in [5.74, 6) is 0.0307. The maximum absolute atomic E-state index is 12.3. The molecular formula is C11H23N3O2S. The molecular weight excluding hydrogens is 238 g/mol. The fourth-order valence-corrected chi connectivity index (χ4v) is 4.27. The normalized spacial score (nSPS) is 20.4. The van der Waals surface area contributed by atoms with Crippen LogP contribution in [0.4, 0.5) is 0 Å². The Morgan fingerprint density at radius 3 is 2.41 bits per heavy atom. The minimum Gasteiger partial charge on any atom is -0.388 e. The van der Waals surface area contributed by atoms with E-state index in [2.05, 4.69) is 0 Å². The van der Waals surface area contributed by atoms with Crippen LogP contribution in [-0.2, 0) is 10.0 Å². The highest BCUT2D eigenvalue weighted by molar-refractivity contribution is 7.89. The average Bonchev–Trinajstić information content (AvgIpc) is 2.28. The first kappa shape index (κ1) is 14.4. The lowest BCUT2D eigenvalue weighted by atomic mass is 10.0. The number of amidine groups is 1. The molecule has 0 spiro atoms. The summed E-state index contributed by atoms with van der Waals surface area (Å²) in [5, 5.41) is 6.98. The first-order valence-electron chi connectivity index (χ1n) is 6.15. The molecule has 5 nitrogen and oxygen atoms in total. The molecule has 0 amide bonds. The van der Waals surface area contributed by atoms with E-state index in [0.717, 1.165) is 32.1 Å². The number of hydrogen-bond acceptors (Lipinski definition) is 3. The SMILES string of the molecule is CC(CC(=N)N)N(C)S(=O)(=O)C1CCCCC1. The second kappa shape index (κ2) is 5.82. The molecule has 0 bridgehead atoms. The van der Waals surface area contributed by atoms with Crippen LogP contribution in [0.1, 0.15) is 45.4 Å². The highest BCUT2D eigenvalue weighted by Crippen LogP contribution is 2.26. The van der Waals surface area contributed by atoms with Gasteiger partial charge in [-0.05, 0) is 19.8 Å². The first-order chi connectivity index (χ1) is 7.85. The summed E-state index contributed by atoms with van der Waals surface area (Å²) in [4.78, 5) is 0. The number of nitrogens with zero attached hydrogens (tertiary/aromatic N) is 1. The van der Waals surface area contributed by atoms with Crippen LogP contribution in [0.5, 0.6) is 0 Å². The molecule has 3 N–H and O–H groups in total. The Morgan fingerprint density at radius 2 is 1.94 bits per heavy atom. The van der Waals surface area contributed by atoms with Gasteiger partial charge in [0.05, 0.1) is 11.1 Å². The summed E-state index contributed by atoms with van der Waals surface area (Å²) >= 11 is 0. The molecule has 0 heterocycles. The first-order valence-corrected chi connectivity index (χ1v) is 7.65. The predicted octanol–water partition coefficient (Wildman–Crippen LogP) is 1.30. The van der Waals surface area contributed by atoms with E-state index in [4.69, 9.17) is 11.1 Å². The summed E-state index contributed by atoms with van der Waals surface area (Å²) in [6.07, 6.45) is 4.96. The van der Waals surface area contributed by atoms with Gasteiger partial charge >= 0.3 is 0 Å². The number of rotatable bonds is 5. The van der Waals surface area contributed by atoms with Gasteiger partial charge in [0.2, 0.25) is 10.0 Å². The third-order valence-electron chi connectivity index (χ3n) is 3.51. The van der Waals surface area contributed by atoms with E-state index in [1.807, 2.05) is 0 Å². The standard InChI is InChI=1S/C11H23N3O2S/c1-9(8-11(12)13)14(2)17(15,16)10-6-4-3-5-7-10/h9-10H,3-8H2,1-2H3,(H3,12,13). The minimum atomic E-state index is -3.23. The van der Waals surface area contributed by atoms with Crippen molar-refractivity contribution in [1.82, 2.24) is 4.31 Å². The topological polar surface area (TPSA) is 87.2 Å². The van der Waals surface area contributed by atoms with Gasteiger partial charge in [0.15, 0.2) is 0 Å². The molecule has 0 aromatic heterocycles. The Kier molecular flexibility index (Phi) is 4.94. The summed E-state index contributed by atoms with van der Waals surface area (Å²) in [5.41, 5.74) is 5.31. The van der Waals surface area contributed by atoms with E-state index < -0.39 is 10.0 Å². The molecule has 1 saturated carbocycles. The molecule has 0 radical (unpaired) electrons. The molecule has 1 rings (SSSR count). The van der Waals surface area contributed by atoms with Crippen LogP contribution < -0.4 is 5.73 Å². The van der Waals surface area contributed by atoms with Gasteiger partial charge in [0, 0.05) is 19.5 Å². The van der Waals surface area contributed by atoms with E-state index in [1.54, 1.807) is 14.0 Å². The fraction of sp³-hybridized carbons (Fsp3) is 0.909. The second-order valence-electron chi connectivity index (χ2n) is 4.90. The van der Waals surface area contributed by atoms with E-state index in [9.17, 15) is 8.42 Å². The molecule has 0 aromatic carbocycles. The van der Waals surface area contributed by atoms with Crippen LogP contribution in [0.15, 0.2) is 0 Å². The lowest BCUT2D eigenvalue weighted by Crippen LogP contribution is -2.43. The van der Waals surface area contributed by atoms with Crippen molar-refractivity contribution in [3.8, 4) is 0 Å². The summed E-state index contributed by atoms with van der Waals surface area (Å²) in [7, 11) is -1.63. The second-order valence-corrected chi connectivity index (χ2v) is 7.17. The van der Waals surface area contributed by atoms with E-state index in [-0.39, 0.29) is 17.1 Å². The molecule has 1 unspecified atom stereocenters. The van der Waals surface area contributed by atoms with E-state index in [0.29, 0.717) is 6.42 Å². The highest BCUT2D eigenvalue weighted by atomic mass is 32.2. The summed E-state index contributed by atoms with van der Waals surface area (Å²) in [6.45, 7) is 1.79. The van der Waals surface area contributed by atoms with Crippen molar-refractivity contribution in [2.75, 3.05) is 7.05 Å². The monoisotopic (exact) mass is 261 g/mol. The number of nitrogens with one attached hydrogen (secondary N) is 1. The number of sulfonamides is 1. The van der Waals surface area contributed by atoms with Gasteiger partial charge in [-0.1, -0.05) is 19.3 Å². The van der Waals surface area contributed by atoms with Crippen LogP contribution in [0, 0.1) is 5.41 Å². The Balaban J connectivity index is 2.71. The van der Waals surface area contributed by atoms with Gasteiger partial charge in [-0.15, -0.1) is 0 Å². The van der Waals surface area contributed by atoms with Crippen molar-refractivity contribution in [2.45, 2.75) is 56.7 Å². The van der Waals surface area contributed by atoms with Crippen molar-refractivity contribution in [3.05, 3.63) is 0 Å². The lowest BCUT2D eigenvalue weighted by molar-refractivity contribution is 0.375. The van der Waals surface area contributed by atoms with Crippen LogP contribution in [0.3, 0.4) is 0 Å². The maximum atomic E-state index is 12.3. The van der Waals surface area contributed by atoms with Crippen LogP contribution >= 0.6 is 0 Å². The van der Waals surface area contributed by atoms with Gasteiger partial charge in [0.1, 0.15) is 0 Å². The quantitative estimate of drug-likeness (QED) is 0.577. The smallest absolute Gasteiger partial charge is 0.216 e. The van der Waals surface area contributed by atoms with Crippen LogP contribution in [0.2, 0.25) is 0 Å². The van der Waals surface area contributed by atoms with Gasteiger partial charge < -0.3 is 5.73 Å². The van der Waals surface area contributed by atoms with Crippen molar-refractivity contribution in [2.24, 2.45) is 5.73 Å². The zero-order valence-corrected chi connectivity index (χ0v) is 11.5. The van der Waals surface area contributed by atoms with Crippen molar-refractivity contribution >= 4 is 15.9 Å². The van der Waals surface area contributed by atoms with Gasteiger partial charge in [-0.3, -0.25) is 5.41 Å². The Bertz CT molecular complexity index is 361. The Labute approximate surface area is 104 Å². The van der Waals surface area contributed by atoms with Crippen molar-refractivity contribution in [1.29, 1.82) is 5.41 Å². The van der Waals surface area contributed by atoms with Crippen molar-refractivity contribution < 1.29 is 8.42 Å². The lowest BCUT2D eigenvalue weighted by Gasteiger charge is -2.30. The van der Waals surface area contributed by atoms with E-state index >= 15 is 0 Å². The molecule has 1 fully saturated rings. The molecule has 0 saturated heterocycles. The van der Waals surface area contributed by atoms with Gasteiger partial charge in [-0.25, -0.2) is 12.7 Å². The Hall–Kier alpha value is -0.620. The molecule has 1 aliphatic carbocycles. The third-order valence-corrected chi connectivity index (χ3v) is 5.99. The zero-order valence-electron chi connectivity index (χ0n) is 10.6. The van der Waals surface area contributed by atoms with Crippen LogP contribution in [0.25, 0.3) is 0 Å².